The number of sulfonamides is 1. The van der Waals surface area contributed by atoms with Gasteiger partial charge in [0, 0.05) is 43.2 Å². The molecule has 0 saturated carbocycles. The lowest BCUT2D eigenvalue weighted by atomic mass is 10.0. The first-order chi connectivity index (χ1) is 18.0. The lowest BCUT2D eigenvalue weighted by Crippen LogP contribution is -2.11. The number of hydrogen-bond acceptors (Lipinski definition) is 5. The smallest absolute Gasteiger partial charge is 0.368 e. The highest BCUT2D eigenvalue weighted by Gasteiger charge is 2.32. The predicted molar refractivity (Wildman–Crippen MR) is 140 cm³/mol. The zero-order valence-electron chi connectivity index (χ0n) is 20.3. The minimum absolute atomic E-state index is 0.125. The summed E-state index contributed by atoms with van der Waals surface area (Å²) >= 11 is 0. The highest BCUT2D eigenvalue weighted by atomic mass is 32.2. The highest BCUT2D eigenvalue weighted by Crippen LogP contribution is 2.34. The lowest BCUT2D eigenvalue weighted by molar-refractivity contribution is -0.137. The normalized spacial score (nSPS) is 11.9. The molecule has 0 unspecified atom stereocenters. The number of hydrogen-bond donors (Lipinski definition) is 0. The number of nitrogens with zero attached hydrogens (tertiary/aromatic N) is 5. The standard InChI is InChI=1S/C27H22F3N5O2S/c1-35(2)18-33-38(36,37)24-14-23(17-32-26(24)21-13-22(16-31-15-21)27(28,29)30)34-25(19-9-5-3-6-10-19)20-11-7-4-8-12-20/h3-18H,1-2H3. The van der Waals surface area contributed by atoms with Crippen LogP contribution in [0.15, 0.2) is 106 Å². The Hall–Kier alpha value is -4.38. The van der Waals surface area contributed by atoms with Gasteiger partial charge in [0.2, 0.25) is 0 Å². The van der Waals surface area contributed by atoms with E-state index in [1.165, 1.54) is 17.2 Å². The van der Waals surface area contributed by atoms with Crippen molar-refractivity contribution in [1.82, 2.24) is 14.9 Å². The fourth-order valence-corrected chi connectivity index (χ4v) is 4.57. The summed E-state index contributed by atoms with van der Waals surface area (Å²) in [5, 5.41) is 0. The summed E-state index contributed by atoms with van der Waals surface area (Å²) in [5.41, 5.74) is 0.908. The molecule has 0 aliphatic rings. The fourth-order valence-electron chi connectivity index (χ4n) is 3.46. The van der Waals surface area contributed by atoms with E-state index in [1.54, 1.807) is 14.1 Å². The first-order valence-electron chi connectivity index (χ1n) is 11.2. The first-order valence-corrected chi connectivity index (χ1v) is 12.7. The van der Waals surface area contributed by atoms with Crippen molar-refractivity contribution in [3.63, 3.8) is 0 Å². The number of aliphatic imine (C=N–C) groups is 1. The van der Waals surface area contributed by atoms with Crippen LogP contribution in [0.5, 0.6) is 0 Å². The van der Waals surface area contributed by atoms with Gasteiger partial charge in [-0.3, -0.25) is 9.97 Å². The van der Waals surface area contributed by atoms with Crippen molar-refractivity contribution < 1.29 is 21.6 Å². The molecular weight excluding hydrogens is 515 g/mol. The lowest BCUT2D eigenvalue weighted by Gasteiger charge is -2.12. The van der Waals surface area contributed by atoms with Crippen LogP contribution in [-0.4, -0.2) is 49.4 Å². The van der Waals surface area contributed by atoms with Gasteiger partial charge in [0.25, 0.3) is 10.0 Å². The van der Waals surface area contributed by atoms with Gasteiger partial charge in [-0.15, -0.1) is 4.40 Å². The Morgan fingerprint density at radius 2 is 1.50 bits per heavy atom. The van der Waals surface area contributed by atoms with E-state index in [2.05, 4.69) is 14.4 Å². The van der Waals surface area contributed by atoms with Crippen molar-refractivity contribution in [1.29, 1.82) is 0 Å². The third-order valence-corrected chi connectivity index (χ3v) is 6.45. The van der Waals surface area contributed by atoms with E-state index in [1.807, 2.05) is 60.7 Å². The van der Waals surface area contributed by atoms with Crippen LogP contribution in [0.4, 0.5) is 18.9 Å². The van der Waals surface area contributed by atoms with E-state index in [9.17, 15) is 21.6 Å². The van der Waals surface area contributed by atoms with Gasteiger partial charge >= 0.3 is 6.18 Å². The second kappa shape index (κ2) is 10.9. The number of pyridine rings is 2. The summed E-state index contributed by atoms with van der Waals surface area (Å²) < 4.78 is 70.1. The second-order valence-corrected chi connectivity index (χ2v) is 9.95. The number of halogens is 3. The molecule has 11 heteroatoms. The molecule has 4 aromatic rings. The molecule has 0 aliphatic heterocycles. The van der Waals surface area contributed by atoms with Crippen LogP contribution in [0.3, 0.4) is 0 Å². The molecule has 0 aliphatic carbocycles. The van der Waals surface area contributed by atoms with E-state index in [0.29, 0.717) is 11.9 Å². The van der Waals surface area contributed by atoms with Gasteiger partial charge in [-0.2, -0.15) is 21.6 Å². The molecule has 0 spiro atoms. The van der Waals surface area contributed by atoms with Crippen molar-refractivity contribution in [2.45, 2.75) is 11.1 Å². The monoisotopic (exact) mass is 537 g/mol. The predicted octanol–water partition coefficient (Wildman–Crippen LogP) is 5.61. The summed E-state index contributed by atoms with van der Waals surface area (Å²) in [6, 6.07) is 20.6. The minimum atomic E-state index is -4.67. The van der Waals surface area contributed by atoms with E-state index < -0.39 is 26.7 Å². The van der Waals surface area contributed by atoms with Crippen molar-refractivity contribution in [2.24, 2.45) is 9.39 Å². The van der Waals surface area contributed by atoms with Crippen LogP contribution in [-0.2, 0) is 16.2 Å². The Morgan fingerprint density at radius 3 is 2.05 bits per heavy atom. The van der Waals surface area contributed by atoms with Crippen molar-refractivity contribution in [3.05, 3.63) is 108 Å². The van der Waals surface area contributed by atoms with Crippen molar-refractivity contribution >= 4 is 27.8 Å². The Kier molecular flexibility index (Phi) is 7.67. The van der Waals surface area contributed by atoms with Crippen LogP contribution in [0.1, 0.15) is 16.7 Å². The van der Waals surface area contributed by atoms with Crippen molar-refractivity contribution in [2.75, 3.05) is 14.1 Å². The number of benzene rings is 2. The molecule has 7 nitrogen and oxygen atoms in total. The van der Waals surface area contributed by atoms with Gasteiger partial charge in [0.15, 0.2) is 0 Å². The third kappa shape index (κ3) is 6.30. The summed E-state index contributed by atoms with van der Waals surface area (Å²) in [5.74, 6) is 0. The third-order valence-electron chi connectivity index (χ3n) is 5.21. The molecule has 0 amide bonds. The Balaban J connectivity index is 1.93. The van der Waals surface area contributed by atoms with Crippen LogP contribution in [0.25, 0.3) is 11.3 Å². The van der Waals surface area contributed by atoms with Gasteiger partial charge in [-0.05, 0) is 12.1 Å². The molecule has 0 saturated heterocycles. The number of aromatic nitrogens is 2. The van der Waals surface area contributed by atoms with Crippen LogP contribution in [0, 0.1) is 0 Å². The molecule has 38 heavy (non-hydrogen) atoms. The second-order valence-electron chi connectivity index (χ2n) is 8.35. The molecule has 2 aromatic heterocycles. The zero-order valence-corrected chi connectivity index (χ0v) is 21.1. The zero-order chi connectivity index (χ0) is 27.3. The molecule has 0 atom stereocenters. The van der Waals surface area contributed by atoms with Gasteiger partial charge in [0.1, 0.15) is 11.2 Å². The maximum absolute atomic E-state index is 13.3. The summed E-state index contributed by atoms with van der Waals surface area (Å²) in [7, 11) is -1.21. The minimum Gasteiger partial charge on any atom is -0.368 e. The fraction of sp³-hybridized carbons (Fsp3) is 0.111. The molecule has 0 fully saturated rings. The maximum Gasteiger partial charge on any atom is 0.417 e. The SMILES string of the molecule is CN(C)C=NS(=O)(=O)c1cc(N=C(c2ccccc2)c2ccccc2)cnc1-c1cncc(C(F)(F)F)c1. The average Bonchev–Trinajstić information content (AvgIpc) is 2.91. The summed E-state index contributed by atoms with van der Waals surface area (Å²) in [6.45, 7) is 0. The van der Waals surface area contributed by atoms with E-state index in [4.69, 9.17) is 4.99 Å². The van der Waals surface area contributed by atoms with Gasteiger partial charge < -0.3 is 4.90 Å². The van der Waals surface area contributed by atoms with Gasteiger partial charge in [-0.1, -0.05) is 60.7 Å². The Bertz CT molecular complexity index is 1550. The highest BCUT2D eigenvalue weighted by molar-refractivity contribution is 7.90. The summed E-state index contributed by atoms with van der Waals surface area (Å²) in [6.07, 6.45) is -0.508. The first kappa shape index (κ1) is 26.7. The van der Waals surface area contributed by atoms with E-state index in [-0.39, 0.29) is 16.9 Å². The Labute approximate surface area is 218 Å². The maximum atomic E-state index is 13.3. The molecule has 2 heterocycles. The number of rotatable bonds is 7. The molecule has 0 bridgehead atoms. The van der Waals surface area contributed by atoms with Crippen LogP contribution >= 0.6 is 0 Å². The van der Waals surface area contributed by atoms with E-state index in [0.717, 1.165) is 29.7 Å². The van der Waals surface area contributed by atoms with Gasteiger partial charge in [0.05, 0.1) is 28.9 Å². The van der Waals surface area contributed by atoms with Crippen LogP contribution < -0.4 is 0 Å². The number of alkyl halides is 3. The van der Waals surface area contributed by atoms with Crippen molar-refractivity contribution in [3.8, 4) is 11.3 Å². The molecule has 2 aromatic carbocycles. The largest absolute Gasteiger partial charge is 0.417 e. The quantitative estimate of drug-likeness (QED) is 0.226. The van der Waals surface area contributed by atoms with Crippen LogP contribution in [0.2, 0.25) is 0 Å². The topological polar surface area (TPSA) is 87.9 Å². The molecule has 4 rings (SSSR count). The van der Waals surface area contributed by atoms with E-state index >= 15 is 0 Å². The molecule has 194 valence electrons. The average molecular weight is 538 g/mol. The van der Waals surface area contributed by atoms with Gasteiger partial charge in [-0.25, -0.2) is 4.99 Å². The Morgan fingerprint density at radius 1 is 0.895 bits per heavy atom. The summed E-state index contributed by atoms with van der Waals surface area (Å²) in [4.78, 5) is 13.6. The molecular formula is C27H22F3N5O2S. The molecule has 0 radical (unpaired) electrons. The molecule has 0 N–H and O–H groups in total.